The van der Waals surface area contributed by atoms with Gasteiger partial charge in [0.05, 0.1) is 6.54 Å². The average molecular weight is 860 g/mol. The van der Waals surface area contributed by atoms with Crippen molar-refractivity contribution in [3.05, 3.63) is 72.4 Å². The maximum atomic E-state index is 13.0. The smallest absolute Gasteiger partial charge is 0.311 e. The zero-order chi connectivity index (χ0) is 45.2. The van der Waals surface area contributed by atoms with Crippen LogP contribution in [0.1, 0.15) is 250 Å². The molecule has 0 radical (unpaired) electrons. The van der Waals surface area contributed by atoms with Gasteiger partial charge in [-0.2, -0.15) is 0 Å². The molecule has 0 unspecified atom stereocenters. The molecule has 0 amide bonds. The van der Waals surface area contributed by atoms with E-state index < -0.39 is 5.97 Å². The minimum Gasteiger partial charge on any atom is -0.423 e. The first kappa shape index (κ1) is 56.8. The Labute approximate surface area is 381 Å². The lowest BCUT2D eigenvalue weighted by Crippen LogP contribution is -2.39. The summed E-state index contributed by atoms with van der Waals surface area (Å²) in [7, 11) is 0. The van der Waals surface area contributed by atoms with Gasteiger partial charge >= 0.3 is 11.9 Å². The molecule has 0 aliphatic heterocycles. The van der Waals surface area contributed by atoms with Crippen molar-refractivity contribution in [3.8, 4) is 11.5 Å². The van der Waals surface area contributed by atoms with Crippen LogP contribution in [0.2, 0.25) is 0 Å². The Morgan fingerprint density at radius 3 is 1.13 bits per heavy atom. The molecule has 1 aromatic rings. The maximum absolute atomic E-state index is 13.0. The summed E-state index contributed by atoms with van der Waals surface area (Å²) in [6.45, 7) is 10.7. The number of Topliss-reactive ketones (excluding diaryl/α,β-unsaturated/α-hetero) is 1. The number of carbonyl (C=O) groups is 3. The van der Waals surface area contributed by atoms with Gasteiger partial charge in [0.2, 0.25) is 0 Å². The van der Waals surface area contributed by atoms with E-state index in [1.54, 1.807) is 12.1 Å². The van der Waals surface area contributed by atoms with Gasteiger partial charge in [0.25, 0.3) is 0 Å². The quantitative estimate of drug-likeness (QED) is 0.0232. The van der Waals surface area contributed by atoms with E-state index in [0.29, 0.717) is 18.4 Å². The molecule has 0 spiro atoms. The van der Waals surface area contributed by atoms with Crippen LogP contribution in [0.5, 0.6) is 11.5 Å². The summed E-state index contributed by atoms with van der Waals surface area (Å²) in [5.74, 6) is -0.649. The molecule has 0 saturated heterocycles. The van der Waals surface area contributed by atoms with E-state index in [1.165, 1.54) is 160 Å². The third-order valence-electron chi connectivity index (χ3n) is 11.1. The van der Waals surface area contributed by atoms with E-state index in [-0.39, 0.29) is 48.2 Å². The number of allylic oxidation sites excluding steroid dienone is 8. The second kappa shape index (κ2) is 40.5. The predicted molar refractivity (Wildman–Crippen MR) is 265 cm³/mol. The first-order valence-electron chi connectivity index (χ1n) is 25.6. The highest BCUT2D eigenvalue weighted by molar-refractivity contribution is 5.98. The third-order valence-corrected chi connectivity index (χ3v) is 11.1. The van der Waals surface area contributed by atoms with E-state index in [2.05, 4.69) is 67.8 Å². The van der Waals surface area contributed by atoms with Crippen molar-refractivity contribution in [2.24, 2.45) is 0 Å². The van der Waals surface area contributed by atoms with E-state index in [4.69, 9.17) is 9.47 Å². The van der Waals surface area contributed by atoms with Crippen LogP contribution in [-0.4, -0.2) is 29.8 Å². The number of esters is 2. The van der Waals surface area contributed by atoms with Crippen LogP contribution in [-0.2, 0) is 9.59 Å². The SMILES string of the molecule is CCCCCCCCC=CCCCCCCC=CCCCC(=O)Oc1ccc(C(=O)CNC(C)(C)C)cc1OC(=O)CCCC=CCCCCCCC=CCCCCCCCC. The number of benzene rings is 1. The molecule has 1 aromatic carbocycles. The number of hydrogen-bond donors (Lipinski definition) is 1. The minimum absolute atomic E-state index is 0.109. The fourth-order valence-electron chi connectivity index (χ4n) is 7.15. The highest BCUT2D eigenvalue weighted by atomic mass is 16.6. The Morgan fingerprint density at radius 1 is 0.452 bits per heavy atom. The Kier molecular flexibility index (Phi) is 37.1. The summed E-state index contributed by atoms with van der Waals surface area (Å²) in [5, 5.41) is 3.21. The molecule has 0 bridgehead atoms. The van der Waals surface area contributed by atoms with Gasteiger partial charge in [0.1, 0.15) is 0 Å². The van der Waals surface area contributed by atoms with Crippen LogP contribution in [0, 0.1) is 0 Å². The molecule has 6 nitrogen and oxygen atoms in total. The van der Waals surface area contributed by atoms with Gasteiger partial charge in [-0.1, -0.05) is 152 Å². The topological polar surface area (TPSA) is 81.7 Å². The Bertz CT molecular complexity index is 1380. The Balaban J connectivity index is 2.37. The summed E-state index contributed by atoms with van der Waals surface area (Å²) in [6, 6.07) is 4.72. The highest BCUT2D eigenvalue weighted by Gasteiger charge is 2.18. The van der Waals surface area contributed by atoms with Crippen molar-refractivity contribution in [3.63, 3.8) is 0 Å². The van der Waals surface area contributed by atoms with Crippen molar-refractivity contribution in [2.75, 3.05) is 6.54 Å². The molecular formula is C56H93NO5. The monoisotopic (exact) mass is 860 g/mol. The molecule has 1 N–H and O–H groups in total. The lowest BCUT2D eigenvalue weighted by molar-refractivity contribution is -0.137. The fourth-order valence-corrected chi connectivity index (χ4v) is 7.15. The van der Waals surface area contributed by atoms with Gasteiger partial charge in [-0.25, -0.2) is 0 Å². The van der Waals surface area contributed by atoms with Crippen LogP contribution in [0.3, 0.4) is 0 Å². The van der Waals surface area contributed by atoms with Gasteiger partial charge < -0.3 is 14.8 Å². The van der Waals surface area contributed by atoms with Crippen LogP contribution in [0.15, 0.2) is 66.8 Å². The fraction of sp³-hybridized carbons (Fsp3) is 0.696. The lowest BCUT2D eigenvalue weighted by Gasteiger charge is -2.20. The summed E-state index contributed by atoms with van der Waals surface area (Å²) in [4.78, 5) is 38.8. The van der Waals surface area contributed by atoms with Gasteiger partial charge in [-0.05, 0) is 142 Å². The van der Waals surface area contributed by atoms with Crippen LogP contribution >= 0.6 is 0 Å². The van der Waals surface area contributed by atoms with Crippen LogP contribution in [0.4, 0.5) is 0 Å². The molecule has 0 saturated carbocycles. The molecule has 0 atom stereocenters. The molecule has 62 heavy (non-hydrogen) atoms. The predicted octanol–water partition coefficient (Wildman–Crippen LogP) is 16.8. The van der Waals surface area contributed by atoms with Gasteiger partial charge in [0.15, 0.2) is 17.3 Å². The van der Waals surface area contributed by atoms with Gasteiger partial charge in [0, 0.05) is 23.9 Å². The molecule has 1 rings (SSSR count). The van der Waals surface area contributed by atoms with E-state index in [0.717, 1.165) is 25.7 Å². The Morgan fingerprint density at radius 2 is 0.774 bits per heavy atom. The number of nitrogens with one attached hydrogen (secondary N) is 1. The van der Waals surface area contributed by atoms with Crippen molar-refractivity contribution in [1.82, 2.24) is 5.32 Å². The van der Waals surface area contributed by atoms with E-state index >= 15 is 0 Å². The lowest BCUT2D eigenvalue weighted by atomic mass is 10.1. The third kappa shape index (κ3) is 36.3. The van der Waals surface area contributed by atoms with Gasteiger partial charge in [-0.15, -0.1) is 0 Å². The second-order valence-corrected chi connectivity index (χ2v) is 18.4. The van der Waals surface area contributed by atoms with Crippen LogP contribution < -0.4 is 14.8 Å². The van der Waals surface area contributed by atoms with Crippen molar-refractivity contribution in [2.45, 2.75) is 246 Å². The largest absolute Gasteiger partial charge is 0.423 e. The van der Waals surface area contributed by atoms with E-state index in [1.807, 2.05) is 20.8 Å². The summed E-state index contributed by atoms with van der Waals surface area (Å²) in [6.07, 6.45) is 54.9. The van der Waals surface area contributed by atoms with Crippen molar-refractivity contribution >= 4 is 17.7 Å². The van der Waals surface area contributed by atoms with Crippen LogP contribution in [0.25, 0.3) is 0 Å². The molecule has 0 aromatic heterocycles. The summed E-state index contributed by atoms with van der Waals surface area (Å²) < 4.78 is 11.4. The second-order valence-electron chi connectivity index (χ2n) is 18.4. The first-order chi connectivity index (χ1) is 30.2. The number of rotatable bonds is 41. The van der Waals surface area contributed by atoms with Crippen molar-refractivity contribution < 1.29 is 23.9 Å². The normalized spacial score (nSPS) is 12.1. The van der Waals surface area contributed by atoms with E-state index in [9.17, 15) is 14.4 Å². The number of hydrogen-bond acceptors (Lipinski definition) is 6. The number of ether oxygens (including phenoxy) is 2. The van der Waals surface area contributed by atoms with Gasteiger partial charge in [-0.3, -0.25) is 14.4 Å². The average Bonchev–Trinajstić information content (AvgIpc) is 3.24. The van der Waals surface area contributed by atoms with Crippen molar-refractivity contribution in [1.29, 1.82) is 0 Å². The zero-order valence-corrected chi connectivity index (χ0v) is 40.7. The minimum atomic E-state index is -0.407. The highest BCUT2D eigenvalue weighted by Crippen LogP contribution is 2.30. The molecule has 6 heteroatoms. The number of unbranched alkanes of at least 4 members (excludes halogenated alkanes) is 24. The zero-order valence-electron chi connectivity index (χ0n) is 40.7. The molecule has 0 aliphatic rings. The first-order valence-corrected chi connectivity index (χ1v) is 25.6. The number of ketones is 1. The Hall–Kier alpha value is -3.25. The number of carbonyl (C=O) groups excluding carboxylic acids is 3. The molecule has 0 heterocycles. The molecular weight excluding hydrogens is 767 g/mol. The maximum Gasteiger partial charge on any atom is 0.311 e. The summed E-state index contributed by atoms with van der Waals surface area (Å²) in [5.41, 5.74) is 0.172. The molecule has 0 fully saturated rings. The molecule has 352 valence electrons. The summed E-state index contributed by atoms with van der Waals surface area (Å²) >= 11 is 0. The molecule has 0 aliphatic carbocycles. The standard InChI is InChI=1S/C56H93NO5/c1-6-8-10-12-14-16-18-20-22-24-26-28-30-32-34-36-38-40-42-44-54(59)61-52-47-46-50(51(58)49-57-56(3,4)5)48-53(52)62-55(60)45-43-41-39-37-35-33-31-29-27-25-23-21-19-17-15-13-11-9-7-2/h20-23,36-39,46-48,57H,6-19,24-35,40-45,49H2,1-5H3.